The summed E-state index contributed by atoms with van der Waals surface area (Å²) in [6, 6.07) is 11.8. The molecule has 0 bridgehead atoms. The highest BCUT2D eigenvalue weighted by Crippen LogP contribution is 2.32. The number of hydrogen-bond acceptors (Lipinski definition) is 7. The Morgan fingerprint density at radius 3 is 2.47 bits per heavy atom. The molecule has 0 aliphatic carbocycles. The van der Waals surface area contributed by atoms with Crippen molar-refractivity contribution in [3.8, 4) is 11.3 Å². The average Bonchev–Trinajstić information content (AvgIpc) is 2.93. The molecule has 0 spiro atoms. The molecule has 1 amide bonds. The summed E-state index contributed by atoms with van der Waals surface area (Å²) in [5, 5.41) is 2.59. The van der Waals surface area contributed by atoms with Crippen molar-refractivity contribution in [3.63, 3.8) is 0 Å². The maximum atomic E-state index is 13.1. The molecule has 2 fully saturated rings. The molecule has 11 heteroatoms. The van der Waals surface area contributed by atoms with Crippen molar-refractivity contribution in [1.82, 2.24) is 9.97 Å². The predicted octanol–water partition coefficient (Wildman–Crippen LogP) is 5.11. The van der Waals surface area contributed by atoms with Crippen LogP contribution in [-0.2, 0) is 10.9 Å². The number of morpholine rings is 1. The number of aromatic nitrogens is 2. The van der Waals surface area contributed by atoms with Gasteiger partial charge in [0, 0.05) is 60.6 Å². The Kier molecular flexibility index (Phi) is 7.75. The van der Waals surface area contributed by atoms with Crippen LogP contribution < -0.4 is 15.1 Å². The fraction of sp³-hybridized carbons (Fsp3) is 0.370. The van der Waals surface area contributed by atoms with Gasteiger partial charge in [0.2, 0.25) is 5.95 Å². The Morgan fingerprint density at radius 1 is 0.974 bits per heavy atom. The van der Waals surface area contributed by atoms with Crippen molar-refractivity contribution in [3.05, 3.63) is 65.2 Å². The first-order valence-electron chi connectivity index (χ1n) is 12.4. The van der Waals surface area contributed by atoms with Crippen molar-refractivity contribution in [2.75, 3.05) is 66.0 Å². The molecule has 3 aromatic rings. The van der Waals surface area contributed by atoms with Gasteiger partial charge in [0.05, 0.1) is 24.5 Å². The molecule has 0 radical (unpaired) electrons. The van der Waals surface area contributed by atoms with Gasteiger partial charge in [-0.1, -0.05) is 12.1 Å². The second kappa shape index (κ2) is 11.2. The van der Waals surface area contributed by atoms with Crippen molar-refractivity contribution in [2.24, 2.45) is 0 Å². The van der Waals surface area contributed by atoms with Crippen LogP contribution in [0.2, 0.25) is 0 Å². The second-order valence-corrected chi connectivity index (χ2v) is 10.4. The maximum absolute atomic E-state index is 13.1. The second-order valence-electron chi connectivity index (χ2n) is 9.17. The number of thioether (sulfide) groups is 1. The van der Waals surface area contributed by atoms with E-state index in [4.69, 9.17) is 14.7 Å². The quantitative estimate of drug-likeness (QED) is 0.480. The van der Waals surface area contributed by atoms with E-state index in [2.05, 4.69) is 15.1 Å². The number of nitrogens with zero attached hydrogens (tertiary/aromatic N) is 4. The number of rotatable bonds is 5. The first-order valence-corrected chi connectivity index (χ1v) is 13.6. The van der Waals surface area contributed by atoms with Crippen molar-refractivity contribution in [2.45, 2.75) is 13.1 Å². The van der Waals surface area contributed by atoms with E-state index in [1.54, 1.807) is 12.1 Å². The van der Waals surface area contributed by atoms with E-state index in [9.17, 15) is 18.0 Å². The van der Waals surface area contributed by atoms with Crippen LogP contribution in [0.25, 0.3) is 11.3 Å². The Bertz CT molecular complexity index is 1270. The molecule has 3 heterocycles. The molecule has 2 aliphatic rings. The van der Waals surface area contributed by atoms with Gasteiger partial charge in [0.15, 0.2) is 0 Å². The van der Waals surface area contributed by atoms with E-state index < -0.39 is 17.6 Å². The van der Waals surface area contributed by atoms with Crippen LogP contribution in [-0.4, -0.2) is 66.8 Å². The Labute approximate surface area is 223 Å². The first-order chi connectivity index (χ1) is 18.3. The monoisotopic (exact) mass is 543 g/mol. The number of amides is 1. The van der Waals surface area contributed by atoms with Crippen molar-refractivity contribution >= 4 is 35.1 Å². The normalized spacial score (nSPS) is 16.4. The largest absolute Gasteiger partial charge is 0.416 e. The number of halogens is 3. The van der Waals surface area contributed by atoms with Crippen molar-refractivity contribution < 1.29 is 22.7 Å². The summed E-state index contributed by atoms with van der Waals surface area (Å²) >= 11 is 1.91. The first kappa shape index (κ1) is 26.3. The SMILES string of the molecule is Cc1ccc(C(=O)Nc2cccc(C(F)(F)F)c2)cc1-c1cc(N2CCOCC2)nc(N2CCSCC2)n1. The van der Waals surface area contributed by atoms with E-state index in [-0.39, 0.29) is 5.69 Å². The summed E-state index contributed by atoms with van der Waals surface area (Å²) in [5.41, 5.74) is 1.97. The number of benzene rings is 2. The van der Waals surface area contributed by atoms with Gasteiger partial charge >= 0.3 is 6.18 Å². The molecule has 0 atom stereocenters. The van der Waals surface area contributed by atoms with Gasteiger partial charge in [-0.05, 0) is 42.8 Å². The Morgan fingerprint density at radius 2 is 1.74 bits per heavy atom. The highest BCUT2D eigenvalue weighted by molar-refractivity contribution is 7.99. The lowest BCUT2D eigenvalue weighted by Gasteiger charge is -2.31. The molecule has 1 aromatic heterocycles. The summed E-state index contributed by atoms with van der Waals surface area (Å²) in [7, 11) is 0. The molecule has 2 aliphatic heterocycles. The molecule has 38 heavy (non-hydrogen) atoms. The Balaban J connectivity index is 1.47. The molecule has 2 saturated heterocycles. The van der Waals surface area contributed by atoms with E-state index in [1.165, 1.54) is 12.1 Å². The maximum Gasteiger partial charge on any atom is 0.416 e. The lowest BCUT2D eigenvalue weighted by molar-refractivity contribution is -0.137. The topological polar surface area (TPSA) is 70.6 Å². The summed E-state index contributed by atoms with van der Waals surface area (Å²) in [6.07, 6.45) is -4.49. The summed E-state index contributed by atoms with van der Waals surface area (Å²) in [4.78, 5) is 27.2. The fourth-order valence-corrected chi connectivity index (χ4v) is 5.34. The van der Waals surface area contributed by atoms with Gasteiger partial charge in [0.25, 0.3) is 5.91 Å². The molecule has 200 valence electrons. The number of ether oxygens (including phenoxy) is 1. The van der Waals surface area contributed by atoms with Gasteiger partial charge in [-0.25, -0.2) is 4.98 Å². The fourth-order valence-electron chi connectivity index (χ4n) is 4.43. The standard InChI is InChI=1S/C27H28F3N5O2S/c1-18-5-6-19(25(36)31-21-4-2-3-20(16-21)27(28,29)30)15-22(18)23-17-24(34-7-11-37-12-8-34)33-26(32-23)35-9-13-38-14-10-35/h2-6,15-17H,7-14H2,1H3,(H,31,36). The van der Waals surface area contributed by atoms with E-state index in [0.29, 0.717) is 30.4 Å². The van der Waals surface area contributed by atoms with E-state index >= 15 is 0 Å². The van der Waals surface area contributed by atoms with E-state index in [1.807, 2.05) is 30.8 Å². The zero-order valence-corrected chi connectivity index (χ0v) is 21.7. The lowest BCUT2D eigenvalue weighted by atomic mass is 10.0. The van der Waals surface area contributed by atoms with Crippen LogP contribution in [0.1, 0.15) is 21.5 Å². The predicted molar refractivity (Wildman–Crippen MR) is 144 cm³/mol. The van der Waals surface area contributed by atoms with Crippen LogP contribution in [0.3, 0.4) is 0 Å². The van der Waals surface area contributed by atoms with Crippen LogP contribution in [0, 0.1) is 6.92 Å². The minimum absolute atomic E-state index is 0.0776. The van der Waals surface area contributed by atoms with Crippen LogP contribution >= 0.6 is 11.8 Å². The number of alkyl halides is 3. The minimum Gasteiger partial charge on any atom is -0.378 e. The number of carbonyl (C=O) groups is 1. The molecule has 1 N–H and O–H groups in total. The molecule has 0 saturated carbocycles. The smallest absolute Gasteiger partial charge is 0.378 e. The summed E-state index contributed by atoms with van der Waals surface area (Å²) < 4.78 is 44.8. The average molecular weight is 544 g/mol. The van der Waals surface area contributed by atoms with Gasteiger partial charge in [-0.2, -0.15) is 29.9 Å². The lowest BCUT2D eigenvalue weighted by Crippen LogP contribution is -2.38. The van der Waals surface area contributed by atoms with Crippen LogP contribution in [0.5, 0.6) is 0 Å². The number of aryl methyl sites for hydroxylation is 1. The van der Waals surface area contributed by atoms with Crippen LogP contribution in [0.4, 0.5) is 30.6 Å². The third-order valence-corrected chi connectivity index (χ3v) is 7.50. The summed E-state index contributed by atoms with van der Waals surface area (Å²) in [6.45, 7) is 6.36. The Hall–Kier alpha value is -3.31. The third kappa shape index (κ3) is 6.05. The molecule has 5 rings (SSSR count). The van der Waals surface area contributed by atoms with Gasteiger partial charge in [0.1, 0.15) is 5.82 Å². The molecule has 7 nitrogen and oxygen atoms in total. The highest BCUT2D eigenvalue weighted by atomic mass is 32.2. The number of nitrogens with one attached hydrogen (secondary N) is 1. The number of carbonyl (C=O) groups excluding carboxylic acids is 1. The molecular formula is C27H28F3N5O2S. The number of hydrogen-bond donors (Lipinski definition) is 1. The van der Waals surface area contributed by atoms with Gasteiger partial charge < -0.3 is 19.9 Å². The van der Waals surface area contributed by atoms with Crippen LogP contribution in [0.15, 0.2) is 48.5 Å². The number of anilines is 3. The van der Waals surface area contributed by atoms with Gasteiger partial charge in [-0.3, -0.25) is 4.79 Å². The van der Waals surface area contributed by atoms with E-state index in [0.717, 1.165) is 66.8 Å². The van der Waals surface area contributed by atoms with Crippen molar-refractivity contribution in [1.29, 1.82) is 0 Å². The zero-order chi connectivity index (χ0) is 26.7. The third-order valence-electron chi connectivity index (χ3n) is 6.55. The molecular weight excluding hydrogens is 515 g/mol. The molecule has 0 unspecified atom stereocenters. The highest BCUT2D eigenvalue weighted by Gasteiger charge is 2.30. The zero-order valence-electron chi connectivity index (χ0n) is 20.9. The van der Waals surface area contributed by atoms with Gasteiger partial charge in [-0.15, -0.1) is 0 Å². The summed E-state index contributed by atoms with van der Waals surface area (Å²) in [5.74, 6) is 2.98. The minimum atomic E-state index is -4.49. The molecule has 2 aromatic carbocycles.